The van der Waals surface area contributed by atoms with E-state index in [-0.39, 0.29) is 6.79 Å². The summed E-state index contributed by atoms with van der Waals surface area (Å²) in [6.07, 6.45) is 2.24. The zero-order chi connectivity index (χ0) is 19.5. The highest BCUT2D eigenvalue weighted by Gasteiger charge is 2.19. The van der Waals surface area contributed by atoms with Gasteiger partial charge in [0.15, 0.2) is 17.3 Å². The van der Waals surface area contributed by atoms with E-state index in [4.69, 9.17) is 31.2 Å². The van der Waals surface area contributed by atoms with Crippen molar-refractivity contribution in [2.45, 2.75) is 6.42 Å². The topological polar surface area (TPSA) is 82.9 Å². The molecule has 0 aliphatic carbocycles. The van der Waals surface area contributed by atoms with Crippen molar-refractivity contribution in [3.63, 3.8) is 0 Å². The normalized spacial score (nSPS) is 12.5. The first-order chi connectivity index (χ1) is 13.7. The molecule has 0 radical (unpaired) electrons. The van der Waals surface area contributed by atoms with Crippen molar-refractivity contribution < 1.29 is 18.9 Å². The number of nitrogens with one attached hydrogen (secondary N) is 1. The lowest BCUT2D eigenvalue weighted by Gasteiger charge is -2.06. The van der Waals surface area contributed by atoms with E-state index in [1.54, 1.807) is 25.1 Å². The van der Waals surface area contributed by atoms with Crippen LogP contribution in [0.4, 0.5) is 0 Å². The van der Waals surface area contributed by atoms with Crippen LogP contribution in [-0.2, 0) is 6.42 Å². The Morgan fingerprint density at radius 3 is 2.79 bits per heavy atom. The minimum absolute atomic E-state index is 0.172. The SMILES string of the molecule is COc1ccc(Cc2n[nH]c(=S)n2/N=C\c2cc(OC)c3c(c2)OCO3)cc1. The summed E-state index contributed by atoms with van der Waals surface area (Å²) in [6.45, 7) is 0.172. The zero-order valence-corrected chi connectivity index (χ0v) is 16.2. The Labute approximate surface area is 166 Å². The van der Waals surface area contributed by atoms with Gasteiger partial charge in [-0.2, -0.15) is 14.9 Å². The van der Waals surface area contributed by atoms with Gasteiger partial charge in [0.05, 0.1) is 20.4 Å². The number of H-pyrrole nitrogens is 1. The summed E-state index contributed by atoms with van der Waals surface area (Å²) in [4.78, 5) is 0. The first kappa shape index (κ1) is 18.1. The summed E-state index contributed by atoms with van der Waals surface area (Å²) in [7, 11) is 3.22. The Bertz CT molecular complexity index is 1070. The number of benzene rings is 2. The molecule has 8 nitrogen and oxygen atoms in total. The molecular formula is C19H18N4O4S. The van der Waals surface area contributed by atoms with Crippen LogP contribution >= 0.6 is 12.2 Å². The third-order valence-corrected chi connectivity index (χ3v) is 4.51. The predicted octanol–water partition coefficient (Wildman–Crippen LogP) is 3.16. The van der Waals surface area contributed by atoms with Crippen molar-refractivity contribution in [2.24, 2.45) is 5.10 Å². The van der Waals surface area contributed by atoms with Gasteiger partial charge >= 0.3 is 0 Å². The van der Waals surface area contributed by atoms with Gasteiger partial charge in [-0.05, 0) is 42.0 Å². The van der Waals surface area contributed by atoms with E-state index in [0.29, 0.717) is 34.3 Å². The van der Waals surface area contributed by atoms with E-state index in [9.17, 15) is 0 Å². The second kappa shape index (κ2) is 7.73. The highest BCUT2D eigenvalue weighted by Crippen LogP contribution is 2.41. The Kier molecular flexibility index (Phi) is 4.98. The van der Waals surface area contributed by atoms with Gasteiger partial charge in [-0.3, -0.25) is 5.10 Å². The van der Waals surface area contributed by atoms with E-state index in [1.807, 2.05) is 36.4 Å². The fourth-order valence-corrected chi connectivity index (χ4v) is 3.03. The van der Waals surface area contributed by atoms with Crippen LogP contribution in [0.2, 0.25) is 0 Å². The summed E-state index contributed by atoms with van der Waals surface area (Å²) >= 11 is 5.31. The van der Waals surface area contributed by atoms with Crippen molar-refractivity contribution in [1.82, 2.24) is 14.9 Å². The third kappa shape index (κ3) is 3.56. The average Bonchev–Trinajstić information content (AvgIpc) is 3.33. The van der Waals surface area contributed by atoms with Crippen LogP contribution in [0.15, 0.2) is 41.5 Å². The van der Waals surface area contributed by atoms with Crippen molar-refractivity contribution in [2.75, 3.05) is 21.0 Å². The molecule has 3 aromatic rings. The first-order valence-electron chi connectivity index (χ1n) is 8.49. The molecule has 0 atom stereocenters. The third-order valence-electron chi connectivity index (χ3n) is 4.24. The number of methoxy groups -OCH3 is 2. The van der Waals surface area contributed by atoms with Gasteiger partial charge in [0, 0.05) is 12.0 Å². The molecule has 144 valence electrons. The molecule has 0 saturated carbocycles. The molecule has 2 aromatic carbocycles. The van der Waals surface area contributed by atoms with Crippen LogP contribution in [0.5, 0.6) is 23.0 Å². The predicted molar refractivity (Wildman–Crippen MR) is 105 cm³/mol. The van der Waals surface area contributed by atoms with Gasteiger partial charge in [0.2, 0.25) is 17.3 Å². The smallest absolute Gasteiger partial charge is 0.231 e. The summed E-state index contributed by atoms with van der Waals surface area (Å²) < 4.78 is 23.4. The van der Waals surface area contributed by atoms with Crippen LogP contribution in [-0.4, -0.2) is 42.1 Å². The fraction of sp³-hybridized carbons (Fsp3) is 0.211. The molecule has 0 amide bonds. The number of hydrogen-bond acceptors (Lipinski definition) is 7. The Morgan fingerprint density at radius 1 is 1.21 bits per heavy atom. The number of aromatic nitrogens is 3. The maximum atomic E-state index is 5.44. The molecule has 0 spiro atoms. The molecule has 1 aliphatic rings. The molecule has 1 aliphatic heterocycles. The molecule has 0 unspecified atom stereocenters. The largest absolute Gasteiger partial charge is 0.497 e. The Hall–Kier alpha value is -3.33. The van der Waals surface area contributed by atoms with Gasteiger partial charge in [-0.25, -0.2) is 0 Å². The summed E-state index contributed by atoms with van der Waals surface area (Å²) in [6, 6.07) is 11.4. The zero-order valence-electron chi connectivity index (χ0n) is 15.3. The lowest BCUT2D eigenvalue weighted by molar-refractivity contribution is 0.171. The van der Waals surface area contributed by atoms with Gasteiger partial charge in [-0.1, -0.05) is 12.1 Å². The molecule has 0 bridgehead atoms. The van der Waals surface area contributed by atoms with Crippen LogP contribution < -0.4 is 18.9 Å². The maximum Gasteiger partial charge on any atom is 0.231 e. The summed E-state index contributed by atoms with van der Waals surface area (Å²) in [5.41, 5.74) is 1.86. The number of aromatic amines is 1. The van der Waals surface area contributed by atoms with E-state index in [1.165, 1.54) is 0 Å². The lowest BCUT2D eigenvalue weighted by Crippen LogP contribution is -2.00. The Balaban J connectivity index is 1.60. The van der Waals surface area contributed by atoms with Gasteiger partial charge in [-0.15, -0.1) is 0 Å². The molecule has 0 saturated heterocycles. The molecule has 2 heterocycles. The molecule has 9 heteroatoms. The number of nitrogens with zero attached hydrogens (tertiary/aromatic N) is 3. The average molecular weight is 398 g/mol. The molecule has 4 rings (SSSR count). The first-order valence-corrected chi connectivity index (χ1v) is 8.90. The minimum atomic E-state index is 0.172. The van der Waals surface area contributed by atoms with Crippen LogP contribution in [0.1, 0.15) is 17.0 Å². The van der Waals surface area contributed by atoms with Gasteiger partial charge < -0.3 is 18.9 Å². The molecular weight excluding hydrogens is 380 g/mol. The maximum absolute atomic E-state index is 5.44. The molecule has 1 N–H and O–H groups in total. The van der Waals surface area contributed by atoms with Crippen molar-refractivity contribution in [1.29, 1.82) is 0 Å². The summed E-state index contributed by atoms with van der Waals surface area (Å²) in [5, 5.41) is 11.6. The fourth-order valence-electron chi connectivity index (χ4n) is 2.83. The van der Waals surface area contributed by atoms with Crippen molar-refractivity contribution >= 4 is 18.4 Å². The quantitative estimate of drug-likeness (QED) is 0.507. The van der Waals surface area contributed by atoms with Gasteiger partial charge in [0.25, 0.3) is 0 Å². The van der Waals surface area contributed by atoms with E-state index in [2.05, 4.69) is 15.3 Å². The summed E-state index contributed by atoms with van der Waals surface area (Å²) in [5.74, 6) is 3.30. The Morgan fingerprint density at radius 2 is 2.04 bits per heavy atom. The van der Waals surface area contributed by atoms with Crippen molar-refractivity contribution in [3.05, 3.63) is 58.1 Å². The second-order valence-electron chi connectivity index (χ2n) is 5.98. The number of fused-ring (bicyclic) bond motifs is 1. The molecule has 1 aromatic heterocycles. The standard InChI is InChI=1S/C19H18N4O4S/c1-24-14-5-3-12(4-6-14)9-17-21-22-19(28)23(17)20-10-13-7-15(25-2)18-16(8-13)26-11-27-18/h3-8,10H,9,11H2,1-2H3,(H,22,28)/b20-10-. The monoisotopic (exact) mass is 398 g/mol. The molecule has 0 fully saturated rings. The number of rotatable bonds is 6. The van der Waals surface area contributed by atoms with Crippen molar-refractivity contribution in [3.8, 4) is 23.0 Å². The van der Waals surface area contributed by atoms with Crippen LogP contribution in [0.25, 0.3) is 0 Å². The minimum Gasteiger partial charge on any atom is -0.497 e. The highest BCUT2D eigenvalue weighted by atomic mass is 32.1. The van der Waals surface area contributed by atoms with Crippen LogP contribution in [0, 0.1) is 4.77 Å². The second-order valence-corrected chi connectivity index (χ2v) is 6.37. The lowest BCUT2D eigenvalue weighted by atomic mass is 10.1. The van der Waals surface area contributed by atoms with E-state index in [0.717, 1.165) is 16.9 Å². The number of hydrogen-bond donors (Lipinski definition) is 1. The number of ether oxygens (including phenoxy) is 4. The van der Waals surface area contributed by atoms with Crippen LogP contribution in [0.3, 0.4) is 0 Å². The van der Waals surface area contributed by atoms with E-state index >= 15 is 0 Å². The van der Waals surface area contributed by atoms with Gasteiger partial charge in [0.1, 0.15) is 5.75 Å². The highest BCUT2D eigenvalue weighted by molar-refractivity contribution is 7.71. The molecule has 28 heavy (non-hydrogen) atoms. The van der Waals surface area contributed by atoms with E-state index < -0.39 is 0 Å².